The standard InChI is InChI=1S/C23H22ClN5O2.2ClH/c1-14-4-10-20(19(12-14)23(31)28-21-11-7-17(24)13-26-21)27-22(30)16-5-8-18(9-6-16)29(3)15(2)25;;/h4-13,25H,1-3H3,(H,27,30)(H,26,28,31);2*1H. The van der Waals surface area contributed by atoms with Gasteiger partial charge in [0.2, 0.25) is 0 Å². The van der Waals surface area contributed by atoms with Crippen molar-refractivity contribution in [1.82, 2.24) is 4.98 Å². The minimum absolute atomic E-state index is 0. The van der Waals surface area contributed by atoms with Crippen LogP contribution in [-0.4, -0.2) is 29.7 Å². The Bertz CT molecular complexity index is 1140. The van der Waals surface area contributed by atoms with Gasteiger partial charge in [0.15, 0.2) is 0 Å². The van der Waals surface area contributed by atoms with Gasteiger partial charge in [0.25, 0.3) is 11.8 Å². The fourth-order valence-corrected chi connectivity index (χ4v) is 2.92. The minimum atomic E-state index is -0.396. The molecule has 0 unspecified atom stereocenters. The highest BCUT2D eigenvalue weighted by Gasteiger charge is 2.16. The number of halogens is 3. The monoisotopic (exact) mass is 507 g/mol. The number of benzene rings is 2. The second kappa shape index (κ2) is 12.2. The van der Waals surface area contributed by atoms with Crippen molar-refractivity contribution in [3.63, 3.8) is 0 Å². The Kier molecular flexibility index (Phi) is 10.3. The first-order valence-corrected chi connectivity index (χ1v) is 9.86. The summed E-state index contributed by atoms with van der Waals surface area (Å²) in [7, 11) is 1.78. The highest BCUT2D eigenvalue weighted by Crippen LogP contribution is 2.21. The number of aromatic nitrogens is 1. The van der Waals surface area contributed by atoms with Crippen LogP contribution in [0.25, 0.3) is 0 Å². The van der Waals surface area contributed by atoms with Crippen molar-refractivity contribution in [2.45, 2.75) is 13.8 Å². The lowest BCUT2D eigenvalue weighted by atomic mass is 10.1. The first-order chi connectivity index (χ1) is 14.7. The van der Waals surface area contributed by atoms with Crippen molar-refractivity contribution in [1.29, 1.82) is 5.41 Å². The molecule has 0 saturated carbocycles. The molecule has 2 amide bonds. The number of hydrogen-bond donors (Lipinski definition) is 3. The van der Waals surface area contributed by atoms with E-state index in [1.807, 2.05) is 13.0 Å². The quantitative estimate of drug-likeness (QED) is 0.298. The first-order valence-electron chi connectivity index (χ1n) is 9.48. The van der Waals surface area contributed by atoms with Gasteiger partial charge < -0.3 is 15.5 Å². The number of carbonyl (C=O) groups is 2. The number of pyridine rings is 1. The lowest BCUT2D eigenvalue weighted by Crippen LogP contribution is -2.22. The van der Waals surface area contributed by atoms with Gasteiger partial charge in [-0.1, -0.05) is 23.2 Å². The largest absolute Gasteiger partial charge is 0.334 e. The molecule has 174 valence electrons. The second-order valence-corrected chi connectivity index (χ2v) is 7.45. The molecule has 0 bridgehead atoms. The zero-order chi connectivity index (χ0) is 22.5. The molecule has 0 saturated heterocycles. The number of carbonyl (C=O) groups excluding carboxylic acids is 2. The van der Waals surface area contributed by atoms with Gasteiger partial charge in [-0.15, -0.1) is 24.8 Å². The Hall–Kier alpha value is -3.13. The van der Waals surface area contributed by atoms with E-state index in [4.69, 9.17) is 17.0 Å². The molecule has 33 heavy (non-hydrogen) atoms. The zero-order valence-electron chi connectivity index (χ0n) is 18.2. The van der Waals surface area contributed by atoms with Gasteiger partial charge in [-0.3, -0.25) is 15.0 Å². The fraction of sp³-hybridized carbons (Fsp3) is 0.130. The maximum Gasteiger partial charge on any atom is 0.258 e. The Labute approximate surface area is 209 Å². The molecule has 7 nitrogen and oxygen atoms in total. The molecule has 3 aromatic rings. The summed E-state index contributed by atoms with van der Waals surface area (Å²) in [5, 5.41) is 13.7. The maximum atomic E-state index is 12.8. The summed E-state index contributed by atoms with van der Waals surface area (Å²) in [6, 6.07) is 15.3. The van der Waals surface area contributed by atoms with E-state index in [9.17, 15) is 9.59 Å². The number of amidine groups is 1. The molecule has 3 N–H and O–H groups in total. The van der Waals surface area contributed by atoms with Crippen LogP contribution in [0.4, 0.5) is 17.2 Å². The molecular weight excluding hydrogens is 485 g/mol. The van der Waals surface area contributed by atoms with Crippen LogP contribution in [0.1, 0.15) is 33.2 Å². The third kappa shape index (κ3) is 7.18. The van der Waals surface area contributed by atoms with E-state index in [2.05, 4.69) is 15.6 Å². The number of rotatable bonds is 5. The highest BCUT2D eigenvalue weighted by atomic mass is 35.5. The Morgan fingerprint density at radius 1 is 0.970 bits per heavy atom. The van der Waals surface area contributed by atoms with Crippen LogP contribution in [0.2, 0.25) is 5.02 Å². The molecule has 0 aliphatic heterocycles. The average molecular weight is 509 g/mol. The number of aryl methyl sites for hydroxylation is 1. The highest BCUT2D eigenvalue weighted by molar-refractivity contribution is 6.30. The molecule has 1 heterocycles. The predicted molar refractivity (Wildman–Crippen MR) is 139 cm³/mol. The topological polar surface area (TPSA) is 98.2 Å². The third-order valence-electron chi connectivity index (χ3n) is 4.66. The van der Waals surface area contributed by atoms with Gasteiger partial charge in [0, 0.05) is 24.5 Å². The lowest BCUT2D eigenvalue weighted by molar-refractivity contribution is 0.102. The normalized spacial score (nSPS) is 9.70. The Morgan fingerprint density at radius 2 is 1.64 bits per heavy atom. The average Bonchev–Trinajstić information content (AvgIpc) is 2.76. The van der Waals surface area contributed by atoms with Crippen molar-refractivity contribution in [3.8, 4) is 0 Å². The van der Waals surface area contributed by atoms with Crippen LogP contribution < -0.4 is 15.5 Å². The smallest absolute Gasteiger partial charge is 0.258 e. The molecule has 0 spiro atoms. The van der Waals surface area contributed by atoms with Gasteiger partial charge in [-0.05, 0) is 62.4 Å². The molecular formula is C23H24Cl3N5O2. The van der Waals surface area contributed by atoms with Crippen LogP contribution in [0.3, 0.4) is 0 Å². The van der Waals surface area contributed by atoms with Gasteiger partial charge in [0.1, 0.15) is 5.82 Å². The summed E-state index contributed by atoms with van der Waals surface area (Å²) < 4.78 is 0. The van der Waals surface area contributed by atoms with E-state index >= 15 is 0 Å². The molecule has 1 aromatic heterocycles. The molecule has 0 aliphatic carbocycles. The molecule has 0 aliphatic rings. The van der Waals surface area contributed by atoms with E-state index in [1.165, 1.54) is 6.20 Å². The minimum Gasteiger partial charge on any atom is -0.334 e. The van der Waals surface area contributed by atoms with E-state index < -0.39 is 5.91 Å². The van der Waals surface area contributed by atoms with Crippen LogP contribution in [0, 0.1) is 12.3 Å². The van der Waals surface area contributed by atoms with Gasteiger partial charge in [-0.2, -0.15) is 0 Å². The van der Waals surface area contributed by atoms with E-state index in [0.29, 0.717) is 33.5 Å². The summed E-state index contributed by atoms with van der Waals surface area (Å²) >= 11 is 5.83. The number of hydrogen-bond acceptors (Lipinski definition) is 4. The van der Waals surface area contributed by atoms with Crippen molar-refractivity contribution in [3.05, 3.63) is 82.5 Å². The van der Waals surface area contributed by atoms with Crippen molar-refractivity contribution in [2.75, 3.05) is 22.6 Å². The van der Waals surface area contributed by atoms with E-state index in [0.717, 1.165) is 11.3 Å². The number of nitrogens with zero attached hydrogens (tertiary/aromatic N) is 2. The van der Waals surface area contributed by atoms with Crippen LogP contribution in [0.5, 0.6) is 0 Å². The second-order valence-electron chi connectivity index (χ2n) is 7.01. The summed E-state index contributed by atoms with van der Waals surface area (Å²) in [4.78, 5) is 31.3. The summed E-state index contributed by atoms with van der Waals surface area (Å²) in [6.07, 6.45) is 1.44. The summed E-state index contributed by atoms with van der Waals surface area (Å²) in [6.45, 7) is 3.55. The zero-order valence-corrected chi connectivity index (χ0v) is 20.6. The van der Waals surface area contributed by atoms with Crippen molar-refractivity contribution in [2.24, 2.45) is 0 Å². The third-order valence-corrected chi connectivity index (χ3v) is 4.88. The fourth-order valence-electron chi connectivity index (χ4n) is 2.81. The van der Waals surface area contributed by atoms with Crippen LogP contribution in [-0.2, 0) is 0 Å². The number of nitrogens with one attached hydrogen (secondary N) is 3. The van der Waals surface area contributed by atoms with E-state index in [1.54, 1.807) is 67.4 Å². The van der Waals surface area contributed by atoms with E-state index in [-0.39, 0.29) is 30.7 Å². The Morgan fingerprint density at radius 3 is 2.21 bits per heavy atom. The van der Waals surface area contributed by atoms with Gasteiger partial charge in [-0.25, -0.2) is 4.98 Å². The molecule has 0 radical (unpaired) electrons. The number of amides is 2. The van der Waals surface area contributed by atoms with Gasteiger partial charge in [0.05, 0.1) is 22.1 Å². The molecule has 10 heteroatoms. The Balaban J connectivity index is 0.00000272. The maximum absolute atomic E-state index is 12.8. The van der Waals surface area contributed by atoms with Crippen LogP contribution in [0.15, 0.2) is 60.8 Å². The first kappa shape index (κ1) is 27.9. The van der Waals surface area contributed by atoms with Crippen LogP contribution >= 0.6 is 36.4 Å². The lowest BCUT2D eigenvalue weighted by Gasteiger charge is -2.17. The molecule has 2 aromatic carbocycles. The van der Waals surface area contributed by atoms with Crippen molar-refractivity contribution < 1.29 is 9.59 Å². The summed E-state index contributed by atoms with van der Waals surface area (Å²) in [5.41, 5.74) is 2.82. The molecule has 3 rings (SSSR count). The number of anilines is 3. The van der Waals surface area contributed by atoms with Gasteiger partial charge >= 0.3 is 0 Å². The predicted octanol–water partition coefficient (Wildman–Crippen LogP) is 5.82. The molecule has 0 atom stereocenters. The summed E-state index contributed by atoms with van der Waals surface area (Å²) in [5.74, 6) is 0.00706. The molecule has 0 fully saturated rings. The van der Waals surface area contributed by atoms with Crippen molar-refractivity contribution >= 4 is 71.3 Å². The SMILES string of the molecule is CC(=N)N(C)c1ccc(C(=O)Nc2ccc(C)cc2C(=O)Nc2ccc(Cl)cn2)cc1.Cl.Cl.